The summed E-state index contributed by atoms with van der Waals surface area (Å²) in [5, 5.41) is 0. The third-order valence-electron chi connectivity index (χ3n) is 7.47. The summed E-state index contributed by atoms with van der Waals surface area (Å²) in [6, 6.07) is 35.8. The maximum atomic E-state index is 11.9. The van der Waals surface area contributed by atoms with Gasteiger partial charge < -0.3 is 28.4 Å². The first kappa shape index (κ1) is 31.4. The second kappa shape index (κ2) is 15.6. The van der Waals surface area contributed by atoms with E-state index in [0.717, 1.165) is 27.8 Å². The first-order chi connectivity index (χ1) is 21.5. The molecule has 5 atom stereocenters. The third-order valence-corrected chi connectivity index (χ3v) is 7.47. The zero-order valence-electron chi connectivity index (χ0n) is 25.5. The molecular formula is C37H40O7. The summed E-state index contributed by atoms with van der Waals surface area (Å²) in [5.41, 5.74) is 5.10. The first-order valence-electron chi connectivity index (χ1n) is 15.0. The Balaban J connectivity index is 1.50. The summed E-state index contributed by atoms with van der Waals surface area (Å²) in [5.74, 6) is 0.261. The van der Waals surface area contributed by atoms with E-state index in [4.69, 9.17) is 28.4 Å². The number of carbonyl (C=O) groups excluding carboxylic acids is 1. The maximum Gasteiger partial charge on any atom is 0.302 e. The SMILES string of the molecule is CC(=O)OC[C@H]1O[C@H](Oc2ccc(C)cc2C)[C@@H](OCc2ccccc2)[C@@H](OCc2ccccc2)[C@@H]1OCc1ccccc1. The Bertz CT molecular complexity index is 1440. The van der Waals surface area contributed by atoms with Gasteiger partial charge in [-0.3, -0.25) is 4.79 Å². The van der Waals surface area contributed by atoms with Gasteiger partial charge in [-0.25, -0.2) is 0 Å². The van der Waals surface area contributed by atoms with Crippen LogP contribution in [0.3, 0.4) is 0 Å². The lowest BCUT2D eigenvalue weighted by Gasteiger charge is -2.45. The molecule has 1 heterocycles. The summed E-state index contributed by atoms with van der Waals surface area (Å²) in [6.45, 7) is 6.32. The van der Waals surface area contributed by atoms with Crippen molar-refractivity contribution < 1.29 is 33.2 Å². The topological polar surface area (TPSA) is 72.5 Å². The lowest BCUT2D eigenvalue weighted by molar-refractivity contribution is -0.308. The molecule has 1 aliphatic heterocycles. The lowest BCUT2D eigenvalue weighted by atomic mass is 9.97. The van der Waals surface area contributed by atoms with Gasteiger partial charge in [-0.05, 0) is 42.2 Å². The summed E-state index contributed by atoms with van der Waals surface area (Å²) >= 11 is 0. The Labute approximate surface area is 259 Å². The van der Waals surface area contributed by atoms with Crippen LogP contribution >= 0.6 is 0 Å². The van der Waals surface area contributed by atoms with Gasteiger partial charge in [-0.15, -0.1) is 0 Å². The average Bonchev–Trinajstić information content (AvgIpc) is 3.04. The molecular weight excluding hydrogens is 556 g/mol. The number of hydrogen-bond donors (Lipinski definition) is 0. The van der Waals surface area contributed by atoms with Crippen LogP contribution in [0, 0.1) is 13.8 Å². The Kier molecular flexibility index (Phi) is 11.2. The minimum Gasteiger partial charge on any atom is -0.463 e. The monoisotopic (exact) mass is 596 g/mol. The average molecular weight is 597 g/mol. The number of esters is 1. The van der Waals surface area contributed by atoms with E-state index in [9.17, 15) is 4.79 Å². The molecule has 5 rings (SSSR count). The van der Waals surface area contributed by atoms with Crippen molar-refractivity contribution in [2.24, 2.45) is 0 Å². The Morgan fingerprint density at radius 3 is 1.66 bits per heavy atom. The lowest BCUT2D eigenvalue weighted by Crippen LogP contribution is -2.62. The summed E-state index contributed by atoms with van der Waals surface area (Å²) < 4.78 is 38.5. The highest BCUT2D eigenvalue weighted by molar-refractivity contribution is 5.65. The molecule has 7 nitrogen and oxygen atoms in total. The van der Waals surface area contributed by atoms with E-state index in [1.54, 1.807) is 0 Å². The first-order valence-corrected chi connectivity index (χ1v) is 15.0. The highest BCUT2D eigenvalue weighted by atomic mass is 16.7. The van der Waals surface area contributed by atoms with Crippen molar-refractivity contribution in [1.82, 2.24) is 0 Å². The van der Waals surface area contributed by atoms with E-state index < -0.39 is 36.7 Å². The Morgan fingerprint density at radius 2 is 1.16 bits per heavy atom. The molecule has 0 aliphatic carbocycles. The summed E-state index contributed by atoms with van der Waals surface area (Å²) in [6.07, 6.45) is -3.52. The minimum absolute atomic E-state index is 0.0296. The van der Waals surface area contributed by atoms with Crippen LogP contribution in [-0.2, 0) is 48.3 Å². The van der Waals surface area contributed by atoms with E-state index in [1.165, 1.54) is 6.92 Å². The molecule has 0 unspecified atom stereocenters. The van der Waals surface area contributed by atoms with E-state index in [2.05, 4.69) is 6.07 Å². The quantitative estimate of drug-likeness (QED) is 0.159. The normalized spacial score (nSPS) is 21.5. The van der Waals surface area contributed by atoms with Gasteiger partial charge in [0.1, 0.15) is 36.8 Å². The van der Waals surface area contributed by atoms with Crippen LogP contribution in [0.2, 0.25) is 0 Å². The van der Waals surface area contributed by atoms with E-state index in [0.29, 0.717) is 25.6 Å². The van der Waals surface area contributed by atoms with Gasteiger partial charge in [0.15, 0.2) is 0 Å². The second-order valence-corrected chi connectivity index (χ2v) is 11.0. The van der Waals surface area contributed by atoms with Gasteiger partial charge >= 0.3 is 5.97 Å². The van der Waals surface area contributed by atoms with E-state index >= 15 is 0 Å². The second-order valence-electron chi connectivity index (χ2n) is 11.0. The predicted octanol–water partition coefficient (Wildman–Crippen LogP) is 6.73. The fraction of sp³-hybridized carbons (Fsp3) is 0.324. The number of rotatable bonds is 13. The molecule has 0 bridgehead atoms. The molecule has 230 valence electrons. The number of hydrogen-bond acceptors (Lipinski definition) is 7. The van der Waals surface area contributed by atoms with Crippen LogP contribution in [0.4, 0.5) is 0 Å². The van der Waals surface area contributed by atoms with Crippen molar-refractivity contribution in [3.05, 3.63) is 137 Å². The van der Waals surface area contributed by atoms with Gasteiger partial charge in [0.05, 0.1) is 19.8 Å². The van der Waals surface area contributed by atoms with Gasteiger partial charge in [0.25, 0.3) is 0 Å². The third kappa shape index (κ3) is 8.77. The molecule has 44 heavy (non-hydrogen) atoms. The van der Waals surface area contributed by atoms with Gasteiger partial charge in [0, 0.05) is 6.92 Å². The van der Waals surface area contributed by atoms with Crippen LogP contribution in [-0.4, -0.2) is 43.3 Å². The molecule has 0 amide bonds. The number of aryl methyl sites for hydroxylation is 2. The zero-order chi connectivity index (χ0) is 30.7. The molecule has 1 saturated heterocycles. The minimum atomic E-state index is -0.877. The molecule has 0 aromatic heterocycles. The van der Waals surface area contributed by atoms with Crippen molar-refractivity contribution in [3.63, 3.8) is 0 Å². The maximum absolute atomic E-state index is 11.9. The summed E-state index contributed by atoms with van der Waals surface area (Å²) in [7, 11) is 0. The smallest absolute Gasteiger partial charge is 0.302 e. The van der Waals surface area contributed by atoms with Crippen LogP contribution in [0.1, 0.15) is 34.7 Å². The fourth-order valence-corrected chi connectivity index (χ4v) is 5.23. The number of ether oxygens (including phenoxy) is 6. The standard InChI is InChI=1S/C37H40O7/c1-26-19-20-32(27(2)21-26)43-37-36(42-24-31-17-11-6-12-18-31)35(41-23-30-15-9-5-10-16-30)34(33(44-37)25-39-28(3)38)40-22-29-13-7-4-8-14-29/h4-21,33-37H,22-25H2,1-3H3/t33-,34-,35+,36+,37+/m1/s1. The zero-order valence-corrected chi connectivity index (χ0v) is 25.5. The molecule has 7 heteroatoms. The predicted molar refractivity (Wildman–Crippen MR) is 167 cm³/mol. The molecule has 4 aromatic carbocycles. The molecule has 0 N–H and O–H groups in total. The number of carbonyl (C=O) groups is 1. The highest BCUT2D eigenvalue weighted by Gasteiger charge is 2.50. The molecule has 1 fully saturated rings. The van der Waals surface area contributed by atoms with E-state index in [1.807, 2.05) is 117 Å². The van der Waals surface area contributed by atoms with Crippen molar-refractivity contribution in [1.29, 1.82) is 0 Å². The molecule has 0 saturated carbocycles. The van der Waals surface area contributed by atoms with Crippen LogP contribution in [0.5, 0.6) is 5.75 Å². The Hall–Kier alpha value is -4.01. The molecule has 4 aromatic rings. The van der Waals surface area contributed by atoms with Crippen LogP contribution < -0.4 is 4.74 Å². The van der Waals surface area contributed by atoms with Crippen LogP contribution in [0.15, 0.2) is 109 Å². The number of benzene rings is 4. The molecule has 0 radical (unpaired) electrons. The Morgan fingerprint density at radius 1 is 0.659 bits per heavy atom. The van der Waals surface area contributed by atoms with Gasteiger partial charge in [-0.1, -0.05) is 109 Å². The van der Waals surface area contributed by atoms with Crippen molar-refractivity contribution >= 4 is 5.97 Å². The van der Waals surface area contributed by atoms with Crippen molar-refractivity contribution in [2.45, 2.75) is 71.3 Å². The van der Waals surface area contributed by atoms with Crippen molar-refractivity contribution in [2.75, 3.05) is 6.61 Å². The van der Waals surface area contributed by atoms with Crippen molar-refractivity contribution in [3.8, 4) is 5.75 Å². The largest absolute Gasteiger partial charge is 0.463 e. The molecule has 0 spiro atoms. The van der Waals surface area contributed by atoms with Gasteiger partial charge in [0.2, 0.25) is 6.29 Å². The fourth-order valence-electron chi connectivity index (χ4n) is 5.23. The van der Waals surface area contributed by atoms with E-state index in [-0.39, 0.29) is 6.61 Å². The van der Waals surface area contributed by atoms with Crippen LogP contribution in [0.25, 0.3) is 0 Å². The molecule has 1 aliphatic rings. The summed E-state index contributed by atoms with van der Waals surface area (Å²) in [4.78, 5) is 11.9. The highest BCUT2D eigenvalue weighted by Crippen LogP contribution is 2.33. The van der Waals surface area contributed by atoms with Gasteiger partial charge in [-0.2, -0.15) is 0 Å².